The molecule has 1 aromatic rings. The highest BCUT2D eigenvalue weighted by atomic mass is 19.3. The van der Waals surface area contributed by atoms with Gasteiger partial charge in [-0.25, -0.2) is 0 Å². The smallest absolute Gasteiger partial charge is 0.387 e. The highest BCUT2D eigenvalue weighted by Crippen LogP contribution is 2.30. The van der Waals surface area contributed by atoms with Crippen molar-refractivity contribution in [3.8, 4) is 5.75 Å². The Morgan fingerprint density at radius 1 is 1.21 bits per heavy atom. The average Bonchev–Trinajstić information content (AvgIpc) is 3.30. The fourth-order valence-corrected chi connectivity index (χ4v) is 3.67. The van der Waals surface area contributed by atoms with Crippen LogP contribution >= 0.6 is 0 Å². The summed E-state index contributed by atoms with van der Waals surface area (Å²) in [6.07, 6.45) is 4.16. The van der Waals surface area contributed by atoms with E-state index in [2.05, 4.69) is 10.1 Å². The summed E-state index contributed by atoms with van der Waals surface area (Å²) in [6.45, 7) is -3.29. The number of hydrogen-bond acceptors (Lipinski definition) is 5. The van der Waals surface area contributed by atoms with E-state index < -0.39 is 31.0 Å². The molecule has 1 aromatic carbocycles. The second-order valence-electron chi connectivity index (χ2n) is 6.92. The van der Waals surface area contributed by atoms with Gasteiger partial charge in [0.2, 0.25) is 5.91 Å². The molecule has 1 atom stereocenters. The standard InChI is InChI=1S/C19H22F2N2O5/c20-19(21)28-15-8-4-3-7-14(15)22-16(24)11-27-18(26)12-9-17(25)23(10-12)13-5-1-2-6-13/h3-4,7-8,12-13,19H,1-2,5-6,9-11H2,(H,22,24)/t12-/m0/s1. The molecule has 7 nitrogen and oxygen atoms in total. The summed E-state index contributed by atoms with van der Waals surface area (Å²) in [5.74, 6) is -2.13. The predicted molar refractivity (Wildman–Crippen MR) is 94.7 cm³/mol. The zero-order chi connectivity index (χ0) is 20.1. The molecule has 28 heavy (non-hydrogen) atoms. The molecular weight excluding hydrogens is 374 g/mol. The third kappa shape index (κ3) is 4.96. The second-order valence-corrected chi connectivity index (χ2v) is 6.92. The number of anilines is 1. The molecule has 9 heteroatoms. The number of carbonyl (C=O) groups excluding carboxylic acids is 3. The Labute approximate surface area is 161 Å². The highest BCUT2D eigenvalue weighted by molar-refractivity contribution is 5.94. The number of nitrogens with one attached hydrogen (secondary N) is 1. The van der Waals surface area contributed by atoms with Crippen molar-refractivity contribution < 1.29 is 32.6 Å². The predicted octanol–water partition coefficient (Wildman–Crippen LogP) is 2.56. The summed E-state index contributed by atoms with van der Waals surface area (Å²) in [5.41, 5.74) is 0.0484. The van der Waals surface area contributed by atoms with E-state index in [1.165, 1.54) is 18.2 Å². The minimum absolute atomic E-state index is 0.0484. The normalized spacial score (nSPS) is 19.9. The van der Waals surface area contributed by atoms with Crippen LogP contribution in [0.15, 0.2) is 24.3 Å². The fourth-order valence-electron chi connectivity index (χ4n) is 3.67. The van der Waals surface area contributed by atoms with Crippen molar-refractivity contribution in [2.24, 2.45) is 5.92 Å². The van der Waals surface area contributed by atoms with Gasteiger partial charge in [-0.05, 0) is 25.0 Å². The van der Waals surface area contributed by atoms with Gasteiger partial charge in [0.15, 0.2) is 6.61 Å². The van der Waals surface area contributed by atoms with Gasteiger partial charge in [0, 0.05) is 19.0 Å². The number of amides is 2. The van der Waals surface area contributed by atoms with E-state index in [-0.39, 0.29) is 29.8 Å². The molecule has 0 aromatic heterocycles. The first kappa shape index (κ1) is 20.0. The number of halogens is 2. The number of ether oxygens (including phenoxy) is 2. The lowest BCUT2D eigenvalue weighted by Gasteiger charge is -2.23. The first-order chi connectivity index (χ1) is 13.4. The van der Waals surface area contributed by atoms with Crippen LogP contribution in [0.25, 0.3) is 0 Å². The van der Waals surface area contributed by atoms with E-state index in [0.717, 1.165) is 25.7 Å². The summed E-state index contributed by atoms with van der Waals surface area (Å²) in [4.78, 5) is 38.1. The zero-order valence-corrected chi connectivity index (χ0v) is 15.2. The van der Waals surface area contributed by atoms with Gasteiger partial charge in [0.25, 0.3) is 5.91 Å². The third-order valence-electron chi connectivity index (χ3n) is 4.98. The first-order valence-electron chi connectivity index (χ1n) is 9.24. The number of hydrogen-bond donors (Lipinski definition) is 1. The van der Waals surface area contributed by atoms with Crippen molar-refractivity contribution in [3.63, 3.8) is 0 Å². The van der Waals surface area contributed by atoms with Crippen LogP contribution in [0.5, 0.6) is 5.75 Å². The van der Waals surface area contributed by atoms with E-state index in [4.69, 9.17) is 4.74 Å². The Morgan fingerprint density at radius 3 is 2.64 bits per heavy atom. The molecule has 0 radical (unpaired) electrons. The van der Waals surface area contributed by atoms with Gasteiger partial charge in [0.1, 0.15) is 5.75 Å². The number of carbonyl (C=O) groups is 3. The van der Waals surface area contributed by atoms with Gasteiger partial charge in [-0.3, -0.25) is 14.4 Å². The van der Waals surface area contributed by atoms with E-state index >= 15 is 0 Å². The van der Waals surface area contributed by atoms with Gasteiger partial charge >= 0.3 is 12.6 Å². The van der Waals surface area contributed by atoms with Crippen molar-refractivity contribution in [2.75, 3.05) is 18.5 Å². The molecule has 2 aliphatic rings. The maximum atomic E-state index is 12.4. The van der Waals surface area contributed by atoms with E-state index in [0.29, 0.717) is 6.54 Å². The summed E-state index contributed by atoms with van der Waals surface area (Å²) in [5, 5.41) is 2.37. The van der Waals surface area contributed by atoms with Crippen LogP contribution < -0.4 is 10.1 Å². The quantitative estimate of drug-likeness (QED) is 0.716. The van der Waals surface area contributed by atoms with Gasteiger partial charge in [-0.1, -0.05) is 25.0 Å². The van der Waals surface area contributed by atoms with E-state index in [1.807, 2.05) is 0 Å². The molecule has 1 N–H and O–H groups in total. The van der Waals surface area contributed by atoms with Crippen molar-refractivity contribution in [1.82, 2.24) is 4.90 Å². The van der Waals surface area contributed by atoms with Gasteiger partial charge in [0.05, 0.1) is 11.6 Å². The number of benzene rings is 1. The average molecular weight is 396 g/mol. The molecule has 2 amide bonds. The number of likely N-dealkylation sites (tertiary alicyclic amines) is 1. The van der Waals surface area contributed by atoms with Crippen molar-refractivity contribution in [3.05, 3.63) is 24.3 Å². The summed E-state index contributed by atoms with van der Waals surface area (Å²) < 4.78 is 34.2. The number of alkyl halides is 2. The topological polar surface area (TPSA) is 84.9 Å². The minimum atomic E-state index is -3.03. The molecule has 1 aliphatic heterocycles. The molecule has 1 saturated heterocycles. The van der Waals surface area contributed by atoms with E-state index in [1.54, 1.807) is 11.0 Å². The molecule has 1 aliphatic carbocycles. The Bertz CT molecular complexity index is 737. The lowest BCUT2D eigenvalue weighted by atomic mass is 10.1. The van der Waals surface area contributed by atoms with Crippen LogP contribution in [0.1, 0.15) is 32.1 Å². The molecular formula is C19H22F2N2O5. The maximum absolute atomic E-state index is 12.4. The van der Waals surface area contributed by atoms with Crippen molar-refractivity contribution in [1.29, 1.82) is 0 Å². The van der Waals surface area contributed by atoms with Crippen LogP contribution in [0.4, 0.5) is 14.5 Å². The summed E-state index contributed by atoms with van der Waals surface area (Å²) in [6, 6.07) is 5.91. The Balaban J connectivity index is 1.48. The molecule has 0 unspecified atom stereocenters. The number of nitrogens with zero attached hydrogens (tertiary/aromatic N) is 1. The van der Waals surface area contributed by atoms with Crippen LogP contribution in [0.2, 0.25) is 0 Å². The van der Waals surface area contributed by atoms with Crippen LogP contribution in [0, 0.1) is 5.92 Å². The van der Waals surface area contributed by atoms with Crippen molar-refractivity contribution >= 4 is 23.5 Å². The lowest BCUT2D eigenvalue weighted by Crippen LogP contribution is -2.35. The Hall–Kier alpha value is -2.71. The van der Waals surface area contributed by atoms with Gasteiger partial charge < -0.3 is 19.7 Å². The molecule has 1 saturated carbocycles. The Morgan fingerprint density at radius 2 is 1.93 bits per heavy atom. The summed E-state index contributed by atoms with van der Waals surface area (Å²) in [7, 11) is 0. The highest BCUT2D eigenvalue weighted by Gasteiger charge is 2.39. The molecule has 1 heterocycles. The van der Waals surface area contributed by atoms with E-state index in [9.17, 15) is 23.2 Å². The fraction of sp³-hybridized carbons (Fsp3) is 0.526. The Kier molecular flexibility index (Phi) is 6.43. The van der Waals surface area contributed by atoms with Crippen LogP contribution in [-0.4, -0.2) is 48.5 Å². The number of para-hydroxylation sites is 2. The molecule has 0 bridgehead atoms. The largest absolute Gasteiger partial charge is 0.455 e. The minimum Gasteiger partial charge on any atom is -0.455 e. The monoisotopic (exact) mass is 396 g/mol. The second kappa shape index (κ2) is 8.99. The van der Waals surface area contributed by atoms with Gasteiger partial charge in [-0.2, -0.15) is 8.78 Å². The van der Waals surface area contributed by atoms with Crippen LogP contribution in [-0.2, 0) is 19.1 Å². The number of esters is 1. The SMILES string of the molecule is O=C(COC(=O)[C@H]1CC(=O)N(C2CCCC2)C1)Nc1ccccc1OC(F)F. The molecule has 152 valence electrons. The number of rotatable bonds is 7. The summed E-state index contributed by atoms with van der Waals surface area (Å²) >= 11 is 0. The van der Waals surface area contributed by atoms with Crippen molar-refractivity contribution in [2.45, 2.75) is 44.8 Å². The van der Waals surface area contributed by atoms with Gasteiger partial charge in [-0.15, -0.1) is 0 Å². The molecule has 2 fully saturated rings. The molecule has 3 rings (SSSR count). The first-order valence-corrected chi connectivity index (χ1v) is 9.24. The van der Waals surface area contributed by atoms with Crippen LogP contribution in [0.3, 0.4) is 0 Å². The maximum Gasteiger partial charge on any atom is 0.387 e. The third-order valence-corrected chi connectivity index (χ3v) is 4.98. The molecule has 0 spiro atoms. The zero-order valence-electron chi connectivity index (χ0n) is 15.2. The lowest BCUT2D eigenvalue weighted by molar-refractivity contribution is -0.151.